The Balaban J connectivity index is 1.94. The molecular weight excluding hydrogens is 284 g/mol. The van der Waals surface area contributed by atoms with E-state index in [1.807, 2.05) is 42.5 Å². The van der Waals surface area contributed by atoms with Crippen LogP contribution in [0.4, 0.5) is 5.69 Å². The third-order valence-corrected chi connectivity index (χ3v) is 4.45. The molecule has 3 N–H and O–H groups in total. The largest absolute Gasteiger partial charge is 0.330 e. The molecule has 0 saturated heterocycles. The number of benzene rings is 2. The van der Waals surface area contributed by atoms with Crippen LogP contribution in [-0.4, -0.2) is 20.7 Å². The maximum atomic E-state index is 12.1. The Morgan fingerprint density at radius 2 is 1.48 bits per heavy atom. The molecule has 0 amide bonds. The van der Waals surface area contributed by atoms with Gasteiger partial charge in [-0.15, -0.1) is 0 Å². The van der Waals surface area contributed by atoms with E-state index >= 15 is 0 Å². The van der Waals surface area contributed by atoms with E-state index in [1.54, 1.807) is 12.1 Å². The number of hydrogen-bond acceptors (Lipinski definition) is 3. The lowest BCUT2D eigenvalue weighted by atomic mass is 10.1. The van der Waals surface area contributed by atoms with Gasteiger partial charge in [0.15, 0.2) is 0 Å². The van der Waals surface area contributed by atoms with E-state index in [4.69, 9.17) is 5.73 Å². The fraction of sp³-hybridized carbons (Fsp3) is 0.250. The van der Waals surface area contributed by atoms with E-state index < -0.39 is 10.0 Å². The molecule has 0 aliphatic heterocycles. The molecule has 21 heavy (non-hydrogen) atoms. The summed E-state index contributed by atoms with van der Waals surface area (Å²) in [6, 6.07) is 16.9. The number of sulfonamides is 1. The number of anilines is 1. The topological polar surface area (TPSA) is 72.2 Å². The Kier molecular flexibility index (Phi) is 5.36. The number of aryl methyl sites for hydroxylation is 1. The third-order valence-electron chi connectivity index (χ3n) is 3.16. The first-order chi connectivity index (χ1) is 10.1. The van der Waals surface area contributed by atoms with Gasteiger partial charge in [0.05, 0.1) is 5.75 Å². The highest BCUT2D eigenvalue weighted by atomic mass is 32.2. The van der Waals surface area contributed by atoms with Crippen molar-refractivity contribution in [2.24, 2.45) is 5.73 Å². The van der Waals surface area contributed by atoms with E-state index in [1.165, 1.54) is 0 Å². The van der Waals surface area contributed by atoms with E-state index in [0.717, 1.165) is 17.5 Å². The minimum atomic E-state index is -3.33. The fourth-order valence-corrected chi connectivity index (χ4v) is 3.14. The van der Waals surface area contributed by atoms with Gasteiger partial charge in [0.1, 0.15) is 0 Å². The summed E-state index contributed by atoms with van der Waals surface area (Å²) in [5.74, 6) is 0.0710. The first kappa shape index (κ1) is 15.5. The molecule has 0 aromatic heterocycles. The van der Waals surface area contributed by atoms with Crippen LogP contribution in [-0.2, 0) is 22.9 Å². The van der Waals surface area contributed by atoms with E-state index in [9.17, 15) is 8.42 Å². The van der Waals surface area contributed by atoms with E-state index in [2.05, 4.69) is 4.72 Å². The molecule has 0 fully saturated rings. The van der Waals surface area contributed by atoms with Crippen molar-refractivity contribution in [3.8, 4) is 0 Å². The summed E-state index contributed by atoms with van der Waals surface area (Å²) in [4.78, 5) is 0. The van der Waals surface area contributed by atoms with E-state index in [-0.39, 0.29) is 5.75 Å². The number of nitrogens with one attached hydrogen (secondary N) is 1. The lowest BCUT2D eigenvalue weighted by Gasteiger charge is -2.09. The molecular formula is C16H20N2O2S. The molecule has 2 aromatic rings. The second kappa shape index (κ2) is 7.24. The highest BCUT2D eigenvalue weighted by molar-refractivity contribution is 7.92. The lowest BCUT2D eigenvalue weighted by molar-refractivity contribution is 0.600. The molecule has 0 aliphatic rings. The van der Waals surface area contributed by atoms with Gasteiger partial charge in [-0.3, -0.25) is 4.72 Å². The fourth-order valence-electron chi connectivity index (χ4n) is 2.03. The molecule has 2 aromatic carbocycles. The molecule has 2 rings (SSSR count). The van der Waals surface area contributed by atoms with Gasteiger partial charge in [-0.25, -0.2) is 8.42 Å². The molecule has 0 saturated carbocycles. The zero-order valence-corrected chi connectivity index (χ0v) is 12.6. The second-order valence-corrected chi connectivity index (χ2v) is 6.73. The molecule has 0 spiro atoms. The monoisotopic (exact) mass is 304 g/mol. The molecule has 0 heterocycles. The normalized spacial score (nSPS) is 11.3. The zero-order valence-electron chi connectivity index (χ0n) is 11.8. The molecule has 0 atom stereocenters. The predicted octanol–water partition coefficient (Wildman–Crippen LogP) is 2.17. The zero-order chi connectivity index (χ0) is 15.1. The van der Waals surface area contributed by atoms with Gasteiger partial charge in [0.2, 0.25) is 10.0 Å². The van der Waals surface area contributed by atoms with Gasteiger partial charge in [-0.1, -0.05) is 42.5 Å². The third kappa shape index (κ3) is 5.21. The van der Waals surface area contributed by atoms with Crippen LogP contribution in [0.15, 0.2) is 54.6 Å². The van der Waals surface area contributed by atoms with Gasteiger partial charge in [-0.2, -0.15) is 0 Å². The summed E-state index contributed by atoms with van der Waals surface area (Å²) >= 11 is 0. The van der Waals surface area contributed by atoms with Crippen LogP contribution in [0.25, 0.3) is 0 Å². The molecule has 0 aliphatic carbocycles. The Hall–Kier alpha value is -1.85. The summed E-state index contributed by atoms with van der Waals surface area (Å²) in [5, 5.41) is 0. The van der Waals surface area contributed by atoms with Crippen LogP contribution in [0.3, 0.4) is 0 Å². The number of rotatable bonds is 7. The van der Waals surface area contributed by atoms with Crippen molar-refractivity contribution < 1.29 is 8.42 Å². The summed E-state index contributed by atoms with van der Waals surface area (Å²) in [6.45, 7) is 0.585. The first-order valence-corrected chi connectivity index (χ1v) is 8.58. The Labute approximate surface area is 126 Å². The highest BCUT2D eigenvalue weighted by Gasteiger charge is 2.10. The summed E-state index contributed by atoms with van der Waals surface area (Å²) < 4.78 is 26.7. The van der Waals surface area contributed by atoms with Gasteiger partial charge in [0.25, 0.3) is 0 Å². The van der Waals surface area contributed by atoms with Crippen molar-refractivity contribution in [3.63, 3.8) is 0 Å². The average molecular weight is 304 g/mol. The van der Waals surface area contributed by atoms with Gasteiger partial charge >= 0.3 is 0 Å². The minimum Gasteiger partial charge on any atom is -0.330 e. The van der Waals surface area contributed by atoms with Crippen molar-refractivity contribution in [2.45, 2.75) is 12.8 Å². The van der Waals surface area contributed by atoms with Gasteiger partial charge < -0.3 is 5.73 Å². The van der Waals surface area contributed by atoms with Crippen LogP contribution >= 0.6 is 0 Å². The van der Waals surface area contributed by atoms with Crippen LogP contribution < -0.4 is 10.5 Å². The highest BCUT2D eigenvalue weighted by Crippen LogP contribution is 2.12. The van der Waals surface area contributed by atoms with Gasteiger partial charge in [-0.05, 0) is 42.6 Å². The maximum absolute atomic E-state index is 12.1. The molecule has 4 nitrogen and oxygen atoms in total. The van der Waals surface area contributed by atoms with Crippen molar-refractivity contribution in [3.05, 3.63) is 65.7 Å². The smallest absolute Gasteiger partial charge is 0.233 e. The summed E-state index contributed by atoms with van der Waals surface area (Å²) in [6.07, 6.45) is 1.29. The summed E-state index contributed by atoms with van der Waals surface area (Å²) in [5.41, 5.74) is 8.19. The Morgan fingerprint density at radius 3 is 2.10 bits per heavy atom. The molecule has 0 bridgehead atoms. The van der Waals surface area contributed by atoms with E-state index in [0.29, 0.717) is 18.7 Å². The minimum absolute atomic E-state index is 0.0710. The number of nitrogens with two attached hydrogens (primary N) is 1. The molecule has 0 unspecified atom stereocenters. The molecule has 5 heteroatoms. The summed E-state index contributed by atoms with van der Waals surface area (Å²) in [7, 11) is -3.33. The maximum Gasteiger partial charge on any atom is 0.233 e. The van der Waals surface area contributed by atoms with Crippen LogP contribution in [0.1, 0.15) is 11.1 Å². The Morgan fingerprint density at radius 1 is 0.857 bits per heavy atom. The Bertz CT molecular complexity index is 652. The van der Waals surface area contributed by atoms with Gasteiger partial charge in [0, 0.05) is 5.69 Å². The van der Waals surface area contributed by atoms with Crippen molar-refractivity contribution >= 4 is 15.7 Å². The van der Waals surface area contributed by atoms with Crippen LogP contribution in [0.5, 0.6) is 0 Å². The lowest BCUT2D eigenvalue weighted by Crippen LogP contribution is -2.18. The van der Waals surface area contributed by atoms with Crippen molar-refractivity contribution in [1.29, 1.82) is 0 Å². The van der Waals surface area contributed by atoms with Crippen molar-refractivity contribution in [1.82, 2.24) is 0 Å². The van der Waals surface area contributed by atoms with Crippen molar-refractivity contribution in [2.75, 3.05) is 17.0 Å². The SMILES string of the molecule is NCCc1ccc(NS(=O)(=O)CCc2ccccc2)cc1. The first-order valence-electron chi connectivity index (χ1n) is 6.92. The quantitative estimate of drug-likeness (QED) is 0.823. The molecule has 0 radical (unpaired) electrons. The predicted molar refractivity (Wildman–Crippen MR) is 86.8 cm³/mol. The standard InChI is InChI=1S/C16H20N2O2S/c17-12-10-15-6-8-16(9-7-15)18-21(19,20)13-11-14-4-2-1-3-5-14/h1-9,18H,10-13,17H2. The van der Waals surface area contributed by atoms with Crippen LogP contribution in [0, 0.1) is 0 Å². The molecule has 112 valence electrons. The average Bonchev–Trinajstić information content (AvgIpc) is 2.48. The number of hydrogen-bond donors (Lipinski definition) is 2. The second-order valence-electron chi connectivity index (χ2n) is 4.89. The van der Waals surface area contributed by atoms with Crippen LogP contribution in [0.2, 0.25) is 0 Å².